The van der Waals surface area contributed by atoms with Crippen molar-refractivity contribution in [3.63, 3.8) is 0 Å². The highest BCUT2D eigenvalue weighted by molar-refractivity contribution is 6.30. The van der Waals surface area contributed by atoms with Gasteiger partial charge in [0.25, 0.3) is 0 Å². The lowest BCUT2D eigenvalue weighted by Gasteiger charge is -2.38. The average Bonchev–Trinajstić information content (AvgIpc) is 2.98. The molecule has 0 spiro atoms. The van der Waals surface area contributed by atoms with E-state index in [2.05, 4.69) is 22.3 Å². The van der Waals surface area contributed by atoms with E-state index in [0.717, 1.165) is 49.7 Å². The average molecular weight is 337 g/mol. The molecule has 2 N–H and O–H groups in total. The van der Waals surface area contributed by atoms with E-state index in [1.165, 1.54) is 18.4 Å². The number of likely N-dealkylation sites (tertiary alicyclic amines) is 1. The number of nitrogens with one attached hydrogen (secondary N) is 1. The van der Waals surface area contributed by atoms with Crippen LogP contribution in [0.1, 0.15) is 37.7 Å². The van der Waals surface area contributed by atoms with Crippen molar-refractivity contribution in [2.75, 3.05) is 13.1 Å². The van der Waals surface area contributed by atoms with Gasteiger partial charge in [0, 0.05) is 17.1 Å². The van der Waals surface area contributed by atoms with Gasteiger partial charge in [0.05, 0.1) is 0 Å². The zero-order valence-electron chi connectivity index (χ0n) is 13.4. The largest absolute Gasteiger partial charge is 0.465 e. The minimum absolute atomic E-state index is 0.111. The Morgan fingerprint density at radius 2 is 1.87 bits per heavy atom. The molecule has 3 rings (SSSR count). The first-order valence-corrected chi connectivity index (χ1v) is 8.97. The van der Waals surface area contributed by atoms with Gasteiger partial charge in [-0.1, -0.05) is 23.7 Å². The summed E-state index contributed by atoms with van der Waals surface area (Å²) in [5.41, 5.74) is 1.36. The molecule has 0 bridgehead atoms. The fourth-order valence-electron chi connectivity index (χ4n) is 4.15. The maximum Gasteiger partial charge on any atom is 0.404 e. The van der Waals surface area contributed by atoms with Crippen LogP contribution in [0.4, 0.5) is 4.79 Å². The Hall–Kier alpha value is -1.26. The van der Waals surface area contributed by atoms with E-state index in [0.29, 0.717) is 6.04 Å². The Kier molecular flexibility index (Phi) is 5.44. The lowest BCUT2D eigenvalue weighted by molar-refractivity contribution is 0.114. The van der Waals surface area contributed by atoms with Crippen LogP contribution in [0.5, 0.6) is 0 Å². The summed E-state index contributed by atoms with van der Waals surface area (Å²) in [5.74, 6) is 0.722. The van der Waals surface area contributed by atoms with Crippen molar-refractivity contribution in [1.29, 1.82) is 0 Å². The van der Waals surface area contributed by atoms with Crippen molar-refractivity contribution in [1.82, 2.24) is 10.2 Å². The van der Waals surface area contributed by atoms with Gasteiger partial charge in [0.1, 0.15) is 0 Å². The summed E-state index contributed by atoms with van der Waals surface area (Å²) in [6.45, 7) is 2.17. The molecule has 1 heterocycles. The van der Waals surface area contributed by atoms with E-state index in [-0.39, 0.29) is 6.04 Å². The second-order valence-electron chi connectivity index (χ2n) is 6.86. The lowest BCUT2D eigenvalue weighted by atomic mass is 9.89. The van der Waals surface area contributed by atoms with Gasteiger partial charge in [0.2, 0.25) is 0 Å². The van der Waals surface area contributed by atoms with Crippen LogP contribution in [0.2, 0.25) is 5.02 Å². The summed E-state index contributed by atoms with van der Waals surface area (Å²) in [4.78, 5) is 13.4. The molecule has 126 valence electrons. The van der Waals surface area contributed by atoms with Gasteiger partial charge >= 0.3 is 6.09 Å². The fourth-order valence-corrected chi connectivity index (χ4v) is 4.27. The molecular formula is C18H25ClN2O2. The molecule has 1 aromatic rings. The highest BCUT2D eigenvalue weighted by Gasteiger charge is 2.34. The third-order valence-electron chi connectivity index (χ3n) is 5.34. The number of halogens is 1. The van der Waals surface area contributed by atoms with E-state index in [1.54, 1.807) is 0 Å². The summed E-state index contributed by atoms with van der Waals surface area (Å²) in [5, 5.41) is 12.5. The van der Waals surface area contributed by atoms with Crippen LogP contribution < -0.4 is 5.32 Å². The molecule has 0 radical (unpaired) electrons. The number of rotatable bonds is 4. The topological polar surface area (TPSA) is 52.6 Å². The molecule has 0 unspecified atom stereocenters. The summed E-state index contributed by atoms with van der Waals surface area (Å²) in [6.07, 6.45) is 5.83. The zero-order valence-corrected chi connectivity index (χ0v) is 14.1. The molecule has 2 fully saturated rings. The number of hydrogen-bond acceptors (Lipinski definition) is 2. The maximum absolute atomic E-state index is 10.9. The fraction of sp³-hybridized carbons (Fsp3) is 0.611. The summed E-state index contributed by atoms with van der Waals surface area (Å²) in [6, 6.07) is 8.68. The quantitative estimate of drug-likeness (QED) is 0.879. The summed E-state index contributed by atoms with van der Waals surface area (Å²) >= 11 is 5.94. The Morgan fingerprint density at radius 3 is 2.52 bits per heavy atom. The number of piperidine rings is 1. The van der Waals surface area contributed by atoms with Crippen LogP contribution in [-0.4, -0.2) is 41.3 Å². The molecule has 1 amide bonds. The van der Waals surface area contributed by atoms with Crippen molar-refractivity contribution in [2.24, 2.45) is 5.92 Å². The SMILES string of the molecule is O=C(O)N[C@@H]1CCC[C@H]1N1CCC(Cc2ccc(Cl)cc2)CC1. The van der Waals surface area contributed by atoms with E-state index in [4.69, 9.17) is 16.7 Å². The maximum atomic E-state index is 10.9. The Labute approximate surface area is 142 Å². The molecule has 1 aromatic carbocycles. The van der Waals surface area contributed by atoms with Crippen molar-refractivity contribution < 1.29 is 9.90 Å². The number of nitrogens with zero attached hydrogens (tertiary/aromatic N) is 1. The molecule has 2 aliphatic rings. The van der Waals surface area contributed by atoms with E-state index >= 15 is 0 Å². The minimum atomic E-state index is -0.889. The number of carboxylic acid groups (broad SMARTS) is 1. The van der Waals surface area contributed by atoms with Gasteiger partial charge in [-0.2, -0.15) is 0 Å². The lowest BCUT2D eigenvalue weighted by Crippen LogP contribution is -2.50. The molecule has 1 saturated heterocycles. The van der Waals surface area contributed by atoms with Crippen molar-refractivity contribution in [3.05, 3.63) is 34.9 Å². The Balaban J connectivity index is 1.50. The molecule has 2 atom stereocenters. The molecule has 0 aromatic heterocycles. The second kappa shape index (κ2) is 7.54. The van der Waals surface area contributed by atoms with Gasteiger partial charge in [-0.25, -0.2) is 4.79 Å². The normalized spacial score (nSPS) is 26.3. The molecule has 4 nitrogen and oxygen atoms in total. The second-order valence-corrected chi connectivity index (χ2v) is 7.30. The van der Waals surface area contributed by atoms with Crippen molar-refractivity contribution in [3.8, 4) is 0 Å². The smallest absolute Gasteiger partial charge is 0.404 e. The van der Waals surface area contributed by atoms with Crippen LogP contribution in [0, 0.1) is 5.92 Å². The predicted molar refractivity (Wildman–Crippen MR) is 92.0 cm³/mol. The Bertz CT molecular complexity index is 526. The van der Waals surface area contributed by atoms with E-state index in [1.807, 2.05) is 12.1 Å². The number of amides is 1. The highest BCUT2D eigenvalue weighted by atomic mass is 35.5. The first-order chi connectivity index (χ1) is 11.1. The molecule has 1 aliphatic carbocycles. The van der Waals surface area contributed by atoms with Crippen molar-refractivity contribution in [2.45, 2.75) is 50.6 Å². The van der Waals surface area contributed by atoms with Crippen LogP contribution in [-0.2, 0) is 6.42 Å². The molecule has 1 saturated carbocycles. The van der Waals surface area contributed by atoms with Crippen LogP contribution >= 0.6 is 11.6 Å². The molecule has 5 heteroatoms. The third kappa shape index (κ3) is 4.39. The standard InChI is InChI=1S/C18H25ClN2O2/c19-15-6-4-13(5-7-15)12-14-8-10-21(11-9-14)17-3-1-2-16(17)20-18(22)23/h4-7,14,16-17,20H,1-3,8-12H2,(H,22,23)/t16-,17-/m1/s1. The Morgan fingerprint density at radius 1 is 1.17 bits per heavy atom. The monoisotopic (exact) mass is 336 g/mol. The van der Waals surface area contributed by atoms with Gasteiger partial charge in [-0.15, -0.1) is 0 Å². The van der Waals surface area contributed by atoms with Gasteiger partial charge in [-0.05, 0) is 75.2 Å². The minimum Gasteiger partial charge on any atom is -0.465 e. The number of benzene rings is 1. The molecule has 23 heavy (non-hydrogen) atoms. The first kappa shape index (κ1) is 16.6. The molecular weight excluding hydrogens is 312 g/mol. The van der Waals surface area contributed by atoms with E-state index in [9.17, 15) is 4.79 Å². The van der Waals surface area contributed by atoms with Crippen LogP contribution in [0.15, 0.2) is 24.3 Å². The highest BCUT2D eigenvalue weighted by Crippen LogP contribution is 2.29. The van der Waals surface area contributed by atoms with Crippen LogP contribution in [0.3, 0.4) is 0 Å². The summed E-state index contributed by atoms with van der Waals surface area (Å²) in [7, 11) is 0. The van der Waals surface area contributed by atoms with E-state index < -0.39 is 6.09 Å². The zero-order chi connectivity index (χ0) is 16.2. The van der Waals surface area contributed by atoms with Crippen LogP contribution in [0.25, 0.3) is 0 Å². The number of carbonyl (C=O) groups is 1. The van der Waals surface area contributed by atoms with Gasteiger partial charge < -0.3 is 10.4 Å². The molecule has 1 aliphatic heterocycles. The van der Waals surface area contributed by atoms with Crippen molar-refractivity contribution >= 4 is 17.7 Å². The van der Waals surface area contributed by atoms with Gasteiger partial charge in [0.15, 0.2) is 0 Å². The predicted octanol–water partition coefficient (Wildman–Crippen LogP) is 3.78. The number of hydrogen-bond donors (Lipinski definition) is 2. The van der Waals surface area contributed by atoms with Gasteiger partial charge in [-0.3, -0.25) is 4.90 Å². The third-order valence-corrected chi connectivity index (χ3v) is 5.60. The summed E-state index contributed by atoms with van der Waals surface area (Å²) < 4.78 is 0. The first-order valence-electron chi connectivity index (χ1n) is 8.60.